The summed E-state index contributed by atoms with van der Waals surface area (Å²) in [5.41, 5.74) is 3.51. The van der Waals surface area contributed by atoms with E-state index in [0.717, 1.165) is 11.1 Å². The Bertz CT molecular complexity index is 1090. The minimum Gasteiger partial charge on any atom is -0.481 e. The lowest BCUT2D eigenvalue weighted by Crippen LogP contribution is -2.44. The van der Waals surface area contributed by atoms with E-state index in [1.165, 1.54) is 5.56 Å². The van der Waals surface area contributed by atoms with E-state index in [-0.39, 0.29) is 18.6 Å². The summed E-state index contributed by atoms with van der Waals surface area (Å²) in [4.78, 5) is 15.1. The van der Waals surface area contributed by atoms with Crippen LogP contribution in [0.1, 0.15) is 29.5 Å². The maximum atomic E-state index is 13.3. The second-order valence-electron chi connectivity index (χ2n) is 7.69. The Morgan fingerprint density at radius 3 is 2.87 bits per heavy atom. The topological polar surface area (TPSA) is 65.8 Å². The highest BCUT2D eigenvalue weighted by molar-refractivity contribution is 5.81. The van der Waals surface area contributed by atoms with Gasteiger partial charge in [-0.15, -0.1) is 0 Å². The molecule has 0 N–H and O–H groups in total. The second-order valence-corrected chi connectivity index (χ2v) is 7.69. The molecular weight excluding hydrogens is 382 g/mol. The van der Waals surface area contributed by atoms with Gasteiger partial charge in [-0.1, -0.05) is 24.3 Å². The number of rotatable bonds is 4. The van der Waals surface area contributed by atoms with Crippen LogP contribution < -0.4 is 14.2 Å². The summed E-state index contributed by atoms with van der Waals surface area (Å²) < 4.78 is 18.5. The number of aromatic nitrogens is 2. The minimum absolute atomic E-state index is 0.0453. The maximum Gasteiger partial charge on any atom is 0.263 e. The molecule has 2 aliphatic heterocycles. The number of aryl methyl sites for hydroxylation is 1. The molecule has 5 rings (SSSR count). The van der Waals surface area contributed by atoms with E-state index in [1.54, 1.807) is 29.8 Å². The highest BCUT2D eigenvalue weighted by Crippen LogP contribution is 2.36. The third-order valence-corrected chi connectivity index (χ3v) is 5.64. The average molecular weight is 405 g/mol. The lowest BCUT2D eigenvalue weighted by atomic mass is 9.86. The standard InChI is InChI=1S/C23H23N3O4/c1-15(30-18-7-8-21-22(9-18)29-14-28-21)23(27)26-12-16-5-3-4-6-19(16)20(13-26)17-10-24-25(2)11-17/h3-11,15,20H,12-14H2,1-2H3/t15-,20+/m0/s1. The van der Waals surface area contributed by atoms with Crippen molar-refractivity contribution < 1.29 is 19.0 Å². The van der Waals surface area contributed by atoms with Gasteiger partial charge in [0.05, 0.1) is 6.20 Å². The largest absolute Gasteiger partial charge is 0.481 e. The van der Waals surface area contributed by atoms with Gasteiger partial charge in [-0.05, 0) is 35.7 Å². The Balaban J connectivity index is 1.36. The van der Waals surface area contributed by atoms with Gasteiger partial charge in [-0.3, -0.25) is 9.48 Å². The van der Waals surface area contributed by atoms with Gasteiger partial charge < -0.3 is 19.1 Å². The molecule has 7 nitrogen and oxygen atoms in total. The molecule has 1 amide bonds. The fraction of sp³-hybridized carbons (Fsp3) is 0.304. The summed E-state index contributed by atoms with van der Waals surface area (Å²) >= 11 is 0. The van der Waals surface area contributed by atoms with Crippen LogP contribution in [-0.4, -0.2) is 40.0 Å². The molecule has 0 bridgehead atoms. The number of benzene rings is 2. The number of hydrogen-bond acceptors (Lipinski definition) is 5. The van der Waals surface area contributed by atoms with Crippen molar-refractivity contribution in [3.05, 3.63) is 71.5 Å². The number of hydrogen-bond donors (Lipinski definition) is 0. The first-order valence-corrected chi connectivity index (χ1v) is 10.00. The molecule has 2 aliphatic rings. The predicted molar refractivity (Wildman–Crippen MR) is 110 cm³/mol. The Morgan fingerprint density at radius 1 is 1.20 bits per heavy atom. The Morgan fingerprint density at radius 2 is 2.03 bits per heavy atom. The van der Waals surface area contributed by atoms with Crippen molar-refractivity contribution in [3.63, 3.8) is 0 Å². The zero-order valence-electron chi connectivity index (χ0n) is 16.9. The van der Waals surface area contributed by atoms with Gasteiger partial charge in [0.2, 0.25) is 6.79 Å². The van der Waals surface area contributed by atoms with Crippen LogP contribution in [0.4, 0.5) is 0 Å². The normalized spacial score (nSPS) is 18.1. The molecule has 0 radical (unpaired) electrons. The zero-order valence-corrected chi connectivity index (χ0v) is 16.9. The van der Waals surface area contributed by atoms with E-state index in [4.69, 9.17) is 14.2 Å². The first-order valence-electron chi connectivity index (χ1n) is 10.00. The zero-order chi connectivity index (χ0) is 20.7. The smallest absolute Gasteiger partial charge is 0.263 e. The summed E-state index contributed by atoms with van der Waals surface area (Å²) in [5, 5.41) is 4.32. The van der Waals surface area contributed by atoms with E-state index in [0.29, 0.717) is 30.3 Å². The molecule has 1 aromatic heterocycles. The fourth-order valence-electron chi connectivity index (χ4n) is 4.14. The molecular formula is C23H23N3O4. The Hall–Kier alpha value is -3.48. The van der Waals surface area contributed by atoms with Crippen LogP contribution in [0, 0.1) is 0 Å². The van der Waals surface area contributed by atoms with Gasteiger partial charge in [-0.2, -0.15) is 5.10 Å². The molecule has 7 heteroatoms. The molecule has 2 atom stereocenters. The van der Waals surface area contributed by atoms with Crippen LogP contribution in [0.25, 0.3) is 0 Å². The third-order valence-electron chi connectivity index (χ3n) is 5.64. The van der Waals surface area contributed by atoms with Gasteiger partial charge in [0, 0.05) is 38.3 Å². The molecule has 0 saturated carbocycles. The van der Waals surface area contributed by atoms with Gasteiger partial charge in [0.25, 0.3) is 5.91 Å². The molecule has 154 valence electrons. The lowest BCUT2D eigenvalue weighted by molar-refractivity contribution is -0.139. The van der Waals surface area contributed by atoms with Crippen molar-refractivity contribution in [2.45, 2.75) is 25.5 Å². The van der Waals surface area contributed by atoms with Crippen LogP contribution in [0.15, 0.2) is 54.9 Å². The highest BCUT2D eigenvalue weighted by atomic mass is 16.7. The van der Waals surface area contributed by atoms with Crippen molar-refractivity contribution in [1.29, 1.82) is 0 Å². The number of amides is 1. The van der Waals surface area contributed by atoms with Crippen molar-refractivity contribution in [2.24, 2.45) is 7.05 Å². The third kappa shape index (κ3) is 3.36. The van der Waals surface area contributed by atoms with E-state index in [1.807, 2.05) is 36.5 Å². The molecule has 30 heavy (non-hydrogen) atoms. The van der Waals surface area contributed by atoms with Crippen molar-refractivity contribution >= 4 is 5.91 Å². The summed E-state index contributed by atoms with van der Waals surface area (Å²) in [6, 6.07) is 13.6. The molecule has 2 aromatic carbocycles. The summed E-state index contributed by atoms with van der Waals surface area (Å²) in [6.07, 6.45) is 3.27. The minimum atomic E-state index is -0.620. The van der Waals surface area contributed by atoms with Gasteiger partial charge in [0.1, 0.15) is 5.75 Å². The van der Waals surface area contributed by atoms with E-state index < -0.39 is 6.10 Å². The number of fused-ring (bicyclic) bond motifs is 2. The molecule has 0 unspecified atom stereocenters. The molecule has 0 saturated heterocycles. The van der Waals surface area contributed by atoms with E-state index >= 15 is 0 Å². The van der Waals surface area contributed by atoms with Crippen molar-refractivity contribution in [3.8, 4) is 17.2 Å². The molecule has 0 spiro atoms. The Labute approximate surface area is 174 Å². The quantitative estimate of drug-likeness (QED) is 0.667. The lowest BCUT2D eigenvalue weighted by Gasteiger charge is -2.35. The van der Waals surface area contributed by atoms with Crippen molar-refractivity contribution in [2.75, 3.05) is 13.3 Å². The van der Waals surface area contributed by atoms with Crippen LogP contribution in [0.5, 0.6) is 17.2 Å². The molecule has 3 aromatic rings. The van der Waals surface area contributed by atoms with Crippen LogP contribution in [0.2, 0.25) is 0 Å². The summed E-state index contributed by atoms with van der Waals surface area (Å²) in [7, 11) is 1.91. The predicted octanol–water partition coefficient (Wildman–Crippen LogP) is 3.09. The number of carbonyl (C=O) groups excluding carboxylic acids is 1. The first kappa shape index (κ1) is 18.5. The van der Waals surface area contributed by atoms with Crippen LogP contribution >= 0.6 is 0 Å². The molecule has 0 fully saturated rings. The summed E-state index contributed by atoms with van der Waals surface area (Å²) in [6.45, 7) is 3.15. The van der Waals surface area contributed by atoms with Crippen molar-refractivity contribution in [1.82, 2.24) is 14.7 Å². The molecule has 3 heterocycles. The number of carbonyl (C=O) groups is 1. The Kier molecular flexibility index (Phi) is 4.58. The second kappa shape index (κ2) is 7.40. The van der Waals surface area contributed by atoms with Crippen LogP contribution in [-0.2, 0) is 18.4 Å². The van der Waals surface area contributed by atoms with Gasteiger partial charge in [0.15, 0.2) is 17.6 Å². The van der Waals surface area contributed by atoms with Gasteiger partial charge >= 0.3 is 0 Å². The maximum absolute atomic E-state index is 13.3. The van der Waals surface area contributed by atoms with E-state index in [9.17, 15) is 4.79 Å². The average Bonchev–Trinajstić information content (AvgIpc) is 3.40. The SMILES string of the molecule is C[C@H](Oc1ccc2c(c1)OCO2)C(=O)N1Cc2ccccc2[C@@H](c2cnn(C)c2)C1. The van der Waals surface area contributed by atoms with E-state index in [2.05, 4.69) is 17.2 Å². The van der Waals surface area contributed by atoms with Gasteiger partial charge in [-0.25, -0.2) is 0 Å². The monoisotopic (exact) mass is 405 g/mol. The highest BCUT2D eigenvalue weighted by Gasteiger charge is 2.32. The first-order chi connectivity index (χ1) is 14.6. The summed E-state index contributed by atoms with van der Waals surface area (Å²) in [5.74, 6) is 1.95. The van der Waals surface area contributed by atoms with Crippen LogP contribution in [0.3, 0.4) is 0 Å². The molecule has 0 aliphatic carbocycles. The number of ether oxygens (including phenoxy) is 3. The number of nitrogens with zero attached hydrogens (tertiary/aromatic N) is 3. The fourth-order valence-corrected chi connectivity index (χ4v) is 4.14.